The van der Waals surface area contributed by atoms with Crippen molar-refractivity contribution in [3.8, 4) is 11.3 Å². The highest BCUT2D eigenvalue weighted by atomic mass is 19.1. The molecule has 0 saturated carbocycles. The van der Waals surface area contributed by atoms with Crippen molar-refractivity contribution in [1.82, 2.24) is 15.4 Å². The van der Waals surface area contributed by atoms with Crippen LogP contribution in [0.5, 0.6) is 0 Å². The Labute approximate surface area is 149 Å². The molecule has 2 heterocycles. The summed E-state index contributed by atoms with van der Waals surface area (Å²) in [6, 6.07) is 9.20. The number of nitrogens with one attached hydrogen (secondary N) is 1. The Morgan fingerprint density at radius 1 is 1.19 bits per heavy atom. The number of ether oxygens (including phenoxy) is 1. The van der Waals surface area contributed by atoms with Crippen LogP contribution in [0.1, 0.15) is 28.7 Å². The maximum Gasteiger partial charge on any atom is 0.358 e. The van der Waals surface area contributed by atoms with Crippen LogP contribution in [0.2, 0.25) is 0 Å². The fourth-order valence-corrected chi connectivity index (χ4v) is 2.35. The van der Waals surface area contributed by atoms with Crippen molar-refractivity contribution in [3.05, 3.63) is 59.2 Å². The Kier molecular flexibility index (Phi) is 5.21. The van der Waals surface area contributed by atoms with Crippen molar-refractivity contribution in [2.45, 2.75) is 20.4 Å². The first-order valence-electron chi connectivity index (χ1n) is 8.04. The van der Waals surface area contributed by atoms with Gasteiger partial charge in [-0.25, -0.2) is 9.18 Å². The maximum absolute atomic E-state index is 13.1. The lowest BCUT2D eigenvalue weighted by Crippen LogP contribution is -2.10. The first kappa shape index (κ1) is 17.5. The van der Waals surface area contributed by atoms with E-state index >= 15 is 0 Å². The highest BCUT2D eigenvalue weighted by Crippen LogP contribution is 2.26. The summed E-state index contributed by atoms with van der Waals surface area (Å²) in [7, 11) is 0. The normalized spacial score (nSPS) is 10.6. The summed E-state index contributed by atoms with van der Waals surface area (Å²) in [4.78, 5) is 11.6. The van der Waals surface area contributed by atoms with E-state index in [0.717, 1.165) is 11.1 Å². The van der Waals surface area contributed by atoms with E-state index in [1.165, 1.54) is 18.2 Å². The molecule has 3 aromatic rings. The van der Waals surface area contributed by atoms with Gasteiger partial charge in [0.15, 0.2) is 5.69 Å². The largest absolute Gasteiger partial charge is 0.461 e. The van der Waals surface area contributed by atoms with Gasteiger partial charge < -0.3 is 14.6 Å². The Morgan fingerprint density at radius 3 is 2.62 bits per heavy atom. The quantitative estimate of drug-likeness (QED) is 0.677. The summed E-state index contributed by atoms with van der Waals surface area (Å²) in [5, 5.41) is 15.0. The molecule has 0 bridgehead atoms. The minimum Gasteiger partial charge on any atom is -0.461 e. The van der Waals surface area contributed by atoms with E-state index in [0.29, 0.717) is 23.8 Å². The van der Waals surface area contributed by atoms with Crippen LogP contribution in [0.4, 0.5) is 10.2 Å². The first-order valence-corrected chi connectivity index (χ1v) is 8.04. The molecule has 7 nitrogen and oxygen atoms in total. The minimum atomic E-state index is -0.514. The molecule has 1 aromatic carbocycles. The van der Waals surface area contributed by atoms with E-state index in [4.69, 9.17) is 9.26 Å². The fraction of sp³-hybridized carbons (Fsp3) is 0.222. The Balaban J connectivity index is 1.73. The molecule has 0 atom stereocenters. The number of benzene rings is 1. The van der Waals surface area contributed by atoms with Gasteiger partial charge in [0.1, 0.15) is 23.1 Å². The number of carbonyl (C=O) groups excluding carboxylic acids is 1. The average molecular weight is 356 g/mol. The molecular weight excluding hydrogens is 339 g/mol. The van der Waals surface area contributed by atoms with Crippen LogP contribution < -0.4 is 5.32 Å². The predicted octanol–water partition coefficient (Wildman–Crippen LogP) is 3.37. The summed E-state index contributed by atoms with van der Waals surface area (Å²) >= 11 is 0. The van der Waals surface area contributed by atoms with Crippen LogP contribution in [0.25, 0.3) is 11.3 Å². The molecule has 26 heavy (non-hydrogen) atoms. The van der Waals surface area contributed by atoms with Crippen molar-refractivity contribution in [2.75, 3.05) is 11.9 Å². The zero-order valence-corrected chi connectivity index (χ0v) is 14.3. The number of esters is 1. The number of aromatic nitrogens is 3. The van der Waals surface area contributed by atoms with Gasteiger partial charge in [0.25, 0.3) is 0 Å². The number of carbonyl (C=O) groups is 1. The predicted molar refractivity (Wildman–Crippen MR) is 91.9 cm³/mol. The highest BCUT2D eigenvalue weighted by molar-refractivity contribution is 5.87. The van der Waals surface area contributed by atoms with Crippen molar-refractivity contribution in [2.24, 2.45) is 0 Å². The number of hydrogen-bond donors (Lipinski definition) is 1. The van der Waals surface area contributed by atoms with E-state index in [2.05, 4.69) is 20.7 Å². The molecule has 0 unspecified atom stereocenters. The second kappa shape index (κ2) is 7.73. The number of hydrogen-bond acceptors (Lipinski definition) is 7. The summed E-state index contributed by atoms with van der Waals surface area (Å²) in [5.41, 5.74) is 2.35. The topological polar surface area (TPSA) is 90.1 Å². The zero-order chi connectivity index (χ0) is 18.5. The third kappa shape index (κ3) is 3.85. The number of rotatable bonds is 6. The lowest BCUT2D eigenvalue weighted by Gasteiger charge is -2.06. The van der Waals surface area contributed by atoms with Crippen LogP contribution in [0.3, 0.4) is 0 Å². The molecular formula is C18H17FN4O3. The Bertz CT molecular complexity index is 892. The average Bonchev–Trinajstić information content (AvgIpc) is 3.02. The molecule has 0 saturated heterocycles. The summed E-state index contributed by atoms with van der Waals surface area (Å²) in [5.74, 6) is 0.308. The van der Waals surface area contributed by atoms with Gasteiger partial charge in [-0.3, -0.25) is 0 Å². The molecule has 0 radical (unpaired) electrons. The van der Waals surface area contributed by atoms with Crippen LogP contribution in [0.15, 0.2) is 40.9 Å². The zero-order valence-electron chi connectivity index (χ0n) is 14.3. The summed E-state index contributed by atoms with van der Waals surface area (Å²) in [6.07, 6.45) is 0. The van der Waals surface area contributed by atoms with Crippen LogP contribution in [0, 0.1) is 12.7 Å². The molecule has 8 heteroatoms. The lowest BCUT2D eigenvalue weighted by molar-refractivity contribution is 0.0518. The van der Waals surface area contributed by atoms with E-state index in [1.54, 1.807) is 32.0 Å². The van der Waals surface area contributed by atoms with E-state index in [-0.39, 0.29) is 18.1 Å². The fourth-order valence-electron chi connectivity index (χ4n) is 2.35. The lowest BCUT2D eigenvalue weighted by atomic mass is 10.1. The SMILES string of the molecule is CCOC(=O)c1ccc(NCc2c(-c3ccc(F)cc3)noc2C)nn1. The Morgan fingerprint density at radius 2 is 1.96 bits per heavy atom. The Hall–Kier alpha value is -3.29. The number of halogens is 1. The smallest absolute Gasteiger partial charge is 0.358 e. The molecule has 0 aliphatic rings. The molecule has 0 aliphatic carbocycles. The van der Waals surface area contributed by atoms with Gasteiger partial charge in [-0.2, -0.15) is 0 Å². The number of nitrogens with zero attached hydrogens (tertiary/aromatic N) is 3. The van der Waals surface area contributed by atoms with Gasteiger partial charge in [0, 0.05) is 17.7 Å². The van der Waals surface area contributed by atoms with Crippen molar-refractivity contribution in [3.63, 3.8) is 0 Å². The highest BCUT2D eigenvalue weighted by Gasteiger charge is 2.15. The minimum absolute atomic E-state index is 0.144. The van der Waals surface area contributed by atoms with Crippen LogP contribution >= 0.6 is 0 Å². The van der Waals surface area contributed by atoms with Gasteiger partial charge in [-0.15, -0.1) is 10.2 Å². The second-order valence-electron chi connectivity index (χ2n) is 5.45. The van der Waals surface area contributed by atoms with Gasteiger partial charge in [0.05, 0.1) is 6.61 Å². The summed E-state index contributed by atoms with van der Waals surface area (Å²) in [6.45, 7) is 4.18. The van der Waals surface area contributed by atoms with Gasteiger partial charge >= 0.3 is 5.97 Å². The molecule has 1 N–H and O–H groups in total. The molecule has 2 aromatic heterocycles. The molecule has 0 aliphatic heterocycles. The van der Waals surface area contributed by atoms with E-state index in [1.807, 2.05) is 0 Å². The van der Waals surface area contributed by atoms with Crippen LogP contribution in [-0.2, 0) is 11.3 Å². The third-order valence-electron chi connectivity index (χ3n) is 3.70. The molecule has 3 rings (SSSR count). The van der Waals surface area contributed by atoms with E-state index in [9.17, 15) is 9.18 Å². The standard InChI is InChI=1S/C18H17FN4O3/c1-3-25-18(24)15-8-9-16(22-21-15)20-10-14-11(2)26-23-17(14)12-4-6-13(19)7-5-12/h4-9H,3,10H2,1-2H3,(H,20,22). The van der Waals surface area contributed by atoms with Gasteiger partial charge in [0.2, 0.25) is 0 Å². The third-order valence-corrected chi connectivity index (χ3v) is 3.70. The monoisotopic (exact) mass is 356 g/mol. The molecule has 134 valence electrons. The number of aryl methyl sites for hydroxylation is 1. The van der Waals surface area contributed by atoms with Gasteiger partial charge in [-0.05, 0) is 50.2 Å². The van der Waals surface area contributed by atoms with Gasteiger partial charge in [-0.1, -0.05) is 5.16 Å². The van der Waals surface area contributed by atoms with E-state index < -0.39 is 5.97 Å². The van der Waals surface area contributed by atoms with Crippen LogP contribution in [-0.4, -0.2) is 27.9 Å². The van der Waals surface area contributed by atoms with Crippen molar-refractivity contribution < 1.29 is 18.4 Å². The second-order valence-corrected chi connectivity index (χ2v) is 5.45. The number of anilines is 1. The maximum atomic E-state index is 13.1. The summed E-state index contributed by atoms with van der Waals surface area (Å²) < 4.78 is 23.2. The van der Waals surface area contributed by atoms with Crippen molar-refractivity contribution >= 4 is 11.8 Å². The first-order chi connectivity index (χ1) is 12.6. The van der Waals surface area contributed by atoms with Crippen molar-refractivity contribution in [1.29, 1.82) is 0 Å². The molecule has 0 fully saturated rings. The molecule has 0 amide bonds. The molecule has 0 spiro atoms.